The average Bonchev–Trinajstić information content (AvgIpc) is 2.51. The summed E-state index contributed by atoms with van der Waals surface area (Å²) in [4.78, 5) is 2.39. The molecule has 21 heavy (non-hydrogen) atoms. The summed E-state index contributed by atoms with van der Waals surface area (Å²) in [6.45, 7) is 7.71. The highest BCUT2D eigenvalue weighted by molar-refractivity contribution is 5.43. The topological polar surface area (TPSA) is 33.7 Å². The highest BCUT2D eigenvalue weighted by Gasteiger charge is 2.24. The molecule has 1 aromatic rings. The van der Waals surface area contributed by atoms with Gasteiger partial charge in [-0.1, -0.05) is 13.0 Å². The van der Waals surface area contributed by atoms with Gasteiger partial charge in [0, 0.05) is 18.1 Å². The van der Waals surface area contributed by atoms with E-state index in [0.717, 1.165) is 24.5 Å². The van der Waals surface area contributed by atoms with Crippen LogP contribution in [0.5, 0.6) is 11.5 Å². The molecule has 0 saturated carbocycles. The SMILES string of the molecule is CCC(C)(C)N(C)CC(NC)c1ccc(OC)c(OC)c1. The Balaban J connectivity index is 2.95. The number of nitrogens with zero attached hydrogens (tertiary/aromatic N) is 1. The van der Waals surface area contributed by atoms with Gasteiger partial charge in [-0.2, -0.15) is 0 Å². The van der Waals surface area contributed by atoms with Gasteiger partial charge in [-0.05, 0) is 52.1 Å². The normalized spacial score (nSPS) is 13.3. The average molecular weight is 294 g/mol. The number of methoxy groups -OCH3 is 2. The second-order valence-electron chi connectivity index (χ2n) is 6.00. The van der Waals surface area contributed by atoms with E-state index in [9.17, 15) is 0 Å². The van der Waals surface area contributed by atoms with Crippen molar-refractivity contribution in [1.29, 1.82) is 0 Å². The molecule has 0 aliphatic heterocycles. The molecule has 120 valence electrons. The Bertz CT molecular complexity index is 446. The Hall–Kier alpha value is -1.26. The van der Waals surface area contributed by atoms with Crippen LogP contribution in [0, 0.1) is 0 Å². The van der Waals surface area contributed by atoms with Gasteiger partial charge in [-0.15, -0.1) is 0 Å². The fourth-order valence-corrected chi connectivity index (χ4v) is 2.22. The molecule has 4 heteroatoms. The first kappa shape index (κ1) is 17.8. The molecule has 4 nitrogen and oxygen atoms in total. The summed E-state index contributed by atoms with van der Waals surface area (Å²) in [7, 11) is 7.50. The first-order chi connectivity index (χ1) is 9.89. The van der Waals surface area contributed by atoms with Crippen LogP contribution in [-0.2, 0) is 0 Å². The van der Waals surface area contributed by atoms with Crippen molar-refractivity contribution >= 4 is 0 Å². The van der Waals surface area contributed by atoms with Gasteiger partial charge in [0.2, 0.25) is 0 Å². The lowest BCUT2D eigenvalue weighted by atomic mass is 9.97. The van der Waals surface area contributed by atoms with Crippen molar-refractivity contribution in [2.75, 3.05) is 34.9 Å². The van der Waals surface area contributed by atoms with Crippen LogP contribution in [-0.4, -0.2) is 45.3 Å². The van der Waals surface area contributed by atoms with Crippen molar-refractivity contribution in [2.24, 2.45) is 0 Å². The summed E-state index contributed by atoms with van der Waals surface area (Å²) in [5.41, 5.74) is 1.39. The van der Waals surface area contributed by atoms with E-state index in [2.05, 4.69) is 44.1 Å². The molecular formula is C17H30N2O2. The van der Waals surface area contributed by atoms with Crippen molar-refractivity contribution in [3.63, 3.8) is 0 Å². The predicted molar refractivity (Wildman–Crippen MR) is 88.3 cm³/mol. The van der Waals surface area contributed by atoms with Crippen LogP contribution in [0.3, 0.4) is 0 Å². The molecule has 0 saturated heterocycles. The first-order valence-electron chi connectivity index (χ1n) is 7.50. The summed E-state index contributed by atoms with van der Waals surface area (Å²) in [5, 5.41) is 3.40. The molecule has 0 radical (unpaired) electrons. The van der Waals surface area contributed by atoms with Gasteiger partial charge < -0.3 is 14.8 Å². The molecule has 1 N–H and O–H groups in total. The Labute approximate surface area is 129 Å². The van der Waals surface area contributed by atoms with Crippen LogP contribution in [0.25, 0.3) is 0 Å². The number of ether oxygens (including phenoxy) is 2. The van der Waals surface area contributed by atoms with Crippen molar-refractivity contribution in [3.05, 3.63) is 23.8 Å². The quantitative estimate of drug-likeness (QED) is 0.799. The number of likely N-dealkylation sites (N-methyl/N-ethyl adjacent to an activating group) is 2. The van der Waals surface area contributed by atoms with E-state index in [1.807, 2.05) is 19.2 Å². The summed E-state index contributed by atoms with van der Waals surface area (Å²) in [6.07, 6.45) is 1.12. The molecule has 0 bridgehead atoms. The van der Waals surface area contributed by atoms with Crippen LogP contribution in [0.2, 0.25) is 0 Å². The van der Waals surface area contributed by atoms with Crippen molar-refractivity contribution in [2.45, 2.75) is 38.8 Å². The highest BCUT2D eigenvalue weighted by Crippen LogP contribution is 2.30. The number of rotatable bonds is 8. The van der Waals surface area contributed by atoms with Gasteiger partial charge in [0.25, 0.3) is 0 Å². The zero-order valence-electron chi connectivity index (χ0n) is 14.5. The molecule has 0 fully saturated rings. The molecular weight excluding hydrogens is 264 g/mol. The zero-order valence-corrected chi connectivity index (χ0v) is 14.5. The van der Waals surface area contributed by atoms with Gasteiger partial charge in [-0.3, -0.25) is 4.90 Å². The lowest BCUT2D eigenvalue weighted by Crippen LogP contribution is -2.44. The molecule has 0 spiro atoms. The number of nitrogens with one attached hydrogen (secondary N) is 1. The van der Waals surface area contributed by atoms with E-state index < -0.39 is 0 Å². The zero-order chi connectivity index (χ0) is 16.0. The monoisotopic (exact) mass is 294 g/mol. The number of hydrogen-bond donors (Lipinski definition) is 1. The Morgan fingerprint density at radius 2 is 1.81 bits per heavy atom. The first-order valence-corrected chi connectivity index (χ1v) is 7.50. The standard InChI is InChI=1S/C17H30N2O2/c1-8-17(2,3)19(5)12-14(18-4)13-9-10-15(20-6)16(11-13)21-7/h9-11,14,18H,8,12H2,1-7H3. The van der Waals surface area contributed by atoms with E-state index in [1.54, 1.807) is 14.2 Å². The molecule has 0 heterocycles. The number of benzene rings is 1. The summed E-state index contributed by atoms with van der Waals surface area (Å²) >= 11 is 0. The van der Waals surface area contributed by atoms with Crippen LogP contribution >= 0.6 is 0 Å². The molecule has 0 aliphatic rings. The molecule has 0 aromatic heterocycles. The lowest BCUT2D eigenvalue weighted by Gasteiger charge is -2.37. The van der Waals surface area contributed by atoms with E-state index in [0.29, 0.717) is 0 Å². The smallest absolute Gasteiger partial charge is 0.161 e. The fraction of sp³-hybridized carbons (Fsp3) is 0.647. The summed E-state index contributed by atoms with van der Waals surface area (Å²) in [5.74, 6) is 1.53. The van der Waals surface area contributed by atoms with Crippen molar-refractivity contribution in [3.8, 4) is 11.5 Å². The summed E-state index contributed by atoms with van der Waals surface area (Å²) < 4.78 is 10.7. The van der Waals surface area contributed by atoms with E-state index in [1.165, 1.54) is 5.56 Å². The van der Waals surface area contributed by atoms with Crippen molar-refractivity contribution in [1.82, 2.24) is 10.2 Å². The van der Waals surface area contributed by atoms with E-state index in [4.69, 9.17) is 9.47 Å². The molecule has 1 unspecified atom stereocenters. The minimum absolute atomic E-state index is 0.186. The van der Waals surface area contributed by atoms with Crippen molar-refractivity contribution < 1.29 is 9.47 Å². The molecule has 1 aromatic carbocycles. The molecule has 0 amide bonds. The summed E-state index contributed by atoms with van der Waals surface area (Å²) in [6, 6.07) is 6.35. The van der Waals surface area contributed by atoms with Crippen LogP contribution in [0.4, 0.5) is 0 Å². The third kappa shape index (κ3) is 4.35. The second-order valence-corrected chi connectivity index (χ2v) is 6.00. The minimum atomic E-state index is 0.186. The molecule has 0 aliphatic carbocycles. The third-order valence-corrected chi connectivity index (χ3v) is 4.51. The van der Waals surface area contributed by atoms with Gasteiger partial charge in [0.1, 0.15) is 0 Å². The molecule has 1 atom stereocenters. The Morgan fingerprint density at radius 1 is 1.19 bits per heavy atom. The number of hydrogen-bond acceptors (Lipinski definition) is 4. The van der Waals surface area contributed by atoms with Crippen LogP contribution < -0.4 is 14.8 Å². The molecule has 1 rings (SSSR count). The fourth-order valence-electron chi connectivity index (χ4n) is 2.22. The maximum absolute atomic E-state index is 5.40. The van der Waals surface area contributed by atoms with Crippen LogP contribution in [0.15, 0.2) is 18.2 Å². The Morgan fingerprint density at radius 3 is 2.29 bits per heavy atom. The second kappa shape index (κ2) is 7.66. The highest BCUT2D eigenvalue weighted by atomic mass is 16.5. The Kier molecular flexibility index (Phi) is 6.49. The van der Waals surface area contributed by atoms with Gasteiger partial charge >= 0.3 is 0 Å². The van der Waals surface area contributed by atoms with Gasteiger partial charge in [0.15, 0.2) is 11.5 Å². The van der Waals surface area contributed by atoms with E-state index >= 15 is 0 Å². The minimum Gasteiger partial charge on any atom is -0.493 e. The van der Waals surface area contributed by atoms with E-state index in [-0.39, 0.29) is 11.6 Å². The van der Waals surface area contributed by atoms with Gasteiger partial charge in [-0.25, -0.2) is 0 Å². The van der Waals surface area contributed by atoms with Crippen LogP contribution in [0.1, 0.15) is 38.8 Å². The predicted octanol–water partition coefficient (Wildman–Crippen LogP) is 3.08. The van der Waals surface area contributed by atoms with Gasteiger partial charge in [0.05, 0.1) is 14.2 Å². The maximum atomic E-state index is 5.40. The lowest BCUT2D eigenvalue weighted by molar-refractivity contribution is 0.137. The maximum Gasteiger partial charge on any atom is 0.161 e. The largest absolute Gasteiger partial charge is 0.493 e. The third-order valence-electron chi connectivity index (χ3n) is 4.51.